The number of amides is 1. The van der Waals surface area contributed by atoms with Crippen LogP contribution in [0.2, 0.25) is 0 Å². The second kappa shape index (κ2) is 7.60. The minimum atomic E-state index is -3.55. The van der Waals surface area contributed by atoms with Crippen molar-refractivity contribution in [1.82, 2.24) is 14.9 Å². The molecule has 132 valence electrons. The van der Waals surface area contributed by atoms with Crippen molar-refractivity contribution < 1.29 is 17.9 Å². The van der Waals surface area contributed by atoms with Crippen molar-refractivity contribution in [3.8, 4) is 0 Å². The summed E-state index contributed by atoms with van der Waals surface area (Å²) in [5, 5.41) is 3.25. The van der Waals surface area contributed by atoms with Gasteiger partial charge in [0.15, 0.2) is 0 Å². The van der Waals surface area contributed by atoms with Crippen molar-refractivity contribution in [2.45, 2.75) is 23.8 Å². The second-order valence-electron chi connectivity index (χ2n) is 6.07. The first-order chi connectivity index (χ1) is 11.6. The van der Waals surface area contributed by atoms with Gasteiger partial charge >= 0.3 is 0 Å². The Labute approximate surface area is 142 Å². The number of nitrogens with one attached hydrogen (secondary N) is 2. The van der Waals surface area contributed by atoms with E-state index < -0.39 is 10.0 Å². The van der Waals surface area contributed by atoms with Crippen LogP contribution >= 0.6 is 0 Å². The van der Waals surface area contributed by atoms with Gasteiger partial charge in [-0.3, -0.25) is 4.79 Å². The molecule has 2 saturated heterocycles. The lowest BCUT2D eigenvalue weighted by Crippen LogP contribution is -2.40. The molecule has 0 aliphatic carbocycles. The SMILES string of the molecule is O=C(c1ccc(S(=O)(=O)NCC2CCCN2)cc1)N1CCOCC1. The topological polar surface area (TPSA) is 87.7 Å². The predicted molar refractivity (Wildman–Crippen MR) is 89.4 cm³/mol. The van der Waals surface area contributed by atoms with Gasteiger partial charge in [0, 0.05) is 31.2 Å². The third-order valence-corrected chi connectivity index (χ3v) is 5.83. The van der Waals surface area contributed by atoms with Gasteiger partial charge in [0.2, 0.25) is 10.0 Å². The fourth-order valence-corrected chi connectivity index (χ4v) is 4.03. The number of carbonyl (C=O) groups excluding carboxylic acids is 1. The summed E-state index contributed by atoms with van der Waals surface area (Å²) in [6, 6.07) is 6.30. The van der Waals surface area contributed by atoms with Crippen molar-refractivity contribution in [3.05, 3.63) is 29.8 Å². The fourth-order valence-electron chi connectivity index (χ4n) is 2.95. The molecule has 0 spiro atoms. The number of rotatable bonds is 5. The molecule has 2 N–H and O–H groups in total. The van der Waals surface area contributed by atoms with Crippen LogP contribution in [0.1, 0.15) is 23.2 Å². The molecule has 8 heteroatoms. The van der Waals surface area contributed by atoms with Gasteiger partial charge in [0.1, 0.15) is 0 Å². The molecule has 7 nitrogen and oxygen atoms in total. The number of hydrogen-bond acceptors (Lipinski definition) is 5. The van der Waals surface area contributed by atoms with Gasteiger partial charge in [-0.1, -0.05) is 0 Å². The predicted octanol–water partition coefficient (Wildman–Crippen LogP) is 0.189. The first kappa shape index (κ1) is 17.3. The van der Waals surface area contributed by atoms with E-state index in [0.29, 0.717) is 38.4 Å². The summed E-state index contributed by atoms with van der Waals surface area (Å²) >= 11 is 0. The van der Waals surface area contributed by atoms with Crippen molar-refractivity contribution in [2.24, 2.45) is 0 Å². The Morgan fingerprint density at radius 1 is 1.25 bits per heavy atom. The van der Waals surface area contributed by atoms with Crippen LogP contribution in [0.4, 0.5) is 0 Å². The lowest BCUT2D eigenvalue weighted by atomic mass is 10.2. The molecule has 24 heavy (non-hydrogen) atoms. The number of sulfonamides is 1. The Bertz CT molecular complexity index is 663. The molecule has 0 saturated carbocycles. The molecular weight excluding hydrogens is 330 g/mol. The molecule has 1 amide bonds. The molecule has 2 fully saturated rings. The summed E-state index contributed by atoms with van der Waals surface area (Å²) in [7, 11) is -3.55. The first-order valence-corrected chi connectivity index (χ1v) is 9.75. The number of nitrogens with zero attached hydrogens (tertiary/aromatic N) is 1. The summed E-state index contributed by atoms with van der Waals surface area (Å²) in [5.41, 5.74) is 0.494. The number of hydrogen-bond donors (Lipinski definition) is 2. The van der Waals surface area contributed by atoms with Gasteiger partial charge < -0.3 is 15.0 Å². The zero-order valence-corrected chi connectivity index (χ0v) is 14.3. The van der Waals surface area contributed by atoms with Gasteiger partial charge in [0.05, 0.1) is 18.1 Å². The van der Waals surface area contributed by atoms with Crippen LogP contribution in [0.3, 0.4) is 0 Å². The molecule has 2 aliphatic rings. The molecule has 2 aliphatic heterocycles. The average molecular weight is 353 g/mol. The first-order valence-electron chi connectivity index (χ1n) is 8.26. The smallest absolute Gasteiger partial charge is 0.254 e. The largest absolute Gasteiger partial charge is 0.378 e. The number of ether oxygens (including phenoxy) is 1. The maximum absolute atomic E-state index is 12.4. The van der Waals surface area contributed by atoms with Crippen LogP contribution in [0.5, 0.6) is 0 Å². The maximum Gasteiger partial charge on any atom is 0.254 e. The minimum absolute atomic E-state index is 0.0923. The highest BCUT2D eigenvalue weighted by Crippen LogP contribution is 2.14. The zero-order valence-electron chi connectivity index (χ0n) is 13.5. The average Bonchev–Trinajstić information content (AvgIpc) is 3.14. The standard InChI is InChI=1S/C16H23N3O4S/c20-16(19-8-10-23-11-9-19)13-3-5-15(6-4-13)24(21,22)18-12-14-2-1-7-17-14/h3-6,14,17-18H,1-2,7-12H2. The second-order valence-corrected chi connectivity index (χ2v) is 7.84. The van der Waals surface area contributed by atoms with Crippen LogP contribution in [0.25, 0.3) is 0 Å². The van der Waals surface area contributed by atoms with Gasteiger partial charge in [-0.15, -0.1) is 0 Å². The molecule has 0 radical (unpaired) electrons. The highest BCUT2D eigenvalue weighted by atomic mass is 32.2. The van der Waals surface area contributed by atoms with Crippen LogP contribution in [-0.2, 0) is 14.8 Å². The van der Waals surface area contributed by atoms with Crippen molar-refractivity contribution in [1.29, 1.82) is 0 Å². The van der Waals surface area contributed by atoms with E-state index in [1.807, 2.05) is 0 Å². The number of carbonyl (C=O) groups is 1. The summed E-state index contributed by atoms with van der Waals surface area (Å²) in [5.74, 6) is -0.0923. The van der Waals surface area contributed by atoms with E-state index in [4.69, 9.17) is 4.74 Å². The van der Waals surface area contributed by atoms with E-state index in [-0.39, 0.29) is 16.8 Å². The van der Waals surface area contributed by atoms with E-state index in [1.165, 1.54) is 12.1 Å². The van der Waals surface area contributed by atoms with Gasteiger partial charge in [-0.25, -0.2) is 13.1 Å². The van der Waals surface area contributed by atoms with E-state index in [1.54, 1.807) is 17.0 Å². The summed E-state index contributed by atoms with van der Waals surface area (Å²) in [6.07, 6.45) is 2.06. The van der Waals surface area contributed by atoms with Crippen molar-refractivity contribution >= 4 is 15.9 Å². The number of benzene rings is 1. The van der Waals surface area contributed by atoms with Crippen molar-refractivity contribution in [3.63, 3.8) is 0 Å². The Morgan fingerprint density at radius 3 is 2.58 bits per heavy atom. The fraction of sp³-hybridized carbons (Fsp3) is 0.562. The Morgan fingerprint density at radius 2 is 1.96 bits per heavy atom. The Kier molecular flexibility index (Phi) is 5.50. The lowest BCUT2D eigenvalue weighted by Gasteiger charge is -2.26. The van der Waals surface area contributed by atoms with E-state index in [9.17, 15) is 13.2 Å². The number of morpholine rings is 1. The highest BCUT2D eigenvalue weighted by Gasteiger charge is 2.21. The zero-order chi connectivity index (χ0) is 17.0. The van der Waals surface area contributed by atoms with Crippen molar-refractivity contribution in [2.75, 3.05) is 39.4 Å². The molecule has 1 aromatic carbocycles. The maximum atomic E-state index is 12.4. The molecule has 2 heterocycles. The van der Waals surface area contributed by atoms with Gasteiger partial charge in [-0.2, -0.15) is 0 Å². The van der Waals surface area contributed by atoms with Crippen LogP contribution in [0, 0.1) is 0 Å². The lowest BCUT2D eigenvalue weighted by molar-refractivity contribution is 0.0303. The van der Waals surface area contributed by atoms with Gasteiger partial charge in [-0.05, 0) is 43.7 Å². The van der Waals surface area contributed by atoms with Crippen LogP contribution in [0.15, 0.2) is 29.2 Å². The van der Waals surface area contributed by atoms with Crippen LogP contribution in [-0.4, -0.2) is 64.7 Å². The molecule has 1 unspecified atom stereocenters. The molecule has 1 aromatic rings. The normalized spacial score (nSPS) is 21.8. The monoisotopic (exact) mass is 353 g/mol. The minimum Gasteiger partial charge on any atom is -0.378 e. The Balaban J connectivity index is 1.63. The summed E-state index contributed by atoms with van der Waals surface area (Å²) < 4.78 is 32.5. The third kappa shape index (κ3) is 4.13. The summed E-state index contributed by atoms with van der Waals surface area (Å²) in [6.45, 7) is 3.53. The molecular formula is C16H23N3O4S. The quantitative estimate of drug-likeness (QED) is 0.789. The highest BCUT2D eigenvalue weighted by molar-refractivity contribution is 7.89. The summed E-state index contributed by atoms with van der Waals surface area (Å²) in [4.78, 5) is 14.3. The van der Waals surface area contributed by atoms with Gasteiger partial charge in [0.25, 0.3) is 5.91 Å². The van der Waals surface area contributed by atoms with E-state index in [2.05, 4.69) is 10.0 Å². The third-order valence-electron chi connectivity index (χ3n) is 4.39. The Hall–Kier alpha value is -1.48. The van der Waals surface area contributed by atoms with Crippen LogP contribution < -0.4 is 10.0 Å². The molecule has 0 bridgehead atoms. The van der Waals surface area contributed by atoms with E-state index >= 15 is 0 Å². The molecule has 3 rings (SSSR count). The molecule has 1 atom stereocenters. The molecule has 0 aromatic heterocycles. The van der Waals surface area contributed by atoms with E-state index in [0.717, 1.165) is 19.4 Å².